The lowest BCUT2D eigenvalue weighted by atomic mass is 9.81. The molecule has 2 aliphatic rings. The van der Waals surface area contributed by atoms with Crippen LogP contribution >= 0.6 is 11.6 Å². The van der Waals surface area contributed by atoms with E-state index in [0.29, 0.717) is 29.8 Å². The number of nitrogens with one attached hydrogen (secondary N) is 1. The van der Waals surface area contributed by atoms with Gasteiger partial charge in [-0.05, 0) is 42.0 Å². The highest BCUT2D eigenvalue weighted by molar-refractivity contribution is 6.33. The highest BCUT2D eigenvalue weighted by Crippen LogP contribution is 2.43. The van der Waals surface area contributed by atoms with Crippen molar-refractivity contribution in [3.05, 3.63) is 64.7 Å². The number of amides is 1. The summed E-state index contributed by atoms with van der Waals surface area (Å²) in [6.45, 7) is 1.60. The molecule has 2 fully saturated rings. The maximum atomic E-state index is 12.0. The van der Waals surface area contributed by atoms with Gasteiger partial charge >= 0.3 is 6.09 Å². The number of rotatable bonds is 4. The Balaban J connectivity index is 1.32. The zero-order valence-corrected chi connectivity index (χ0v) is 16.4. The highest BCUT2D eigenvalue weighted by atomic mass is 35.5. The Labute approximate surface area is 169 Å². The summed E-state index contributed by atoms with van der Waals surface area (Å²) in [6.07, 6.45) is 3.29. The molecule has 28 heavy (non-hydrogen) atoms. The number of benzene rings is 2. The van der Waals surface area contributed by atoms with Gasteiger partial charge in [-0.15, -0.1) is 0 Å². The van der Waals surface area contributed by atoms with Gasteiger partial charge in [-0.1, -0.05) is 48.0 Å². The van der Waals surface area contributed by atoms with Crippen molar-refractivity contribution in [1.82, 2.24) is 0 Å². The van der Waals surface area contributed by atoms with Crippen LogP contribution in [0, 0.1) is 0 Å². The SMILES string of the molecule is O=C(Nc1ccc(C2CCC3(CC2)OCCO3)cc1Cl)OCc1ccccc1. The highest BCUT2D eigenvalue weighted by Gasteiger charge is 2.40. The van der Waals surface area contributed by atoms with Gasteiger partial charge in [-0.25, -0.2) is 4.79 Å². The van der Waals surface area contributed by atoms with Gasteiger partial charge in [0, 0.05) is 12.8 Å². The maximum Gasteiger partial charge on any atom is 0.412 e. The number of halogens is 1. The molecular weight excluding hydrogens is 378 g/mol. The van der Waals surface area contributed by atoms with Crippen molar-refractivity contribution in [1.29, 1.82) is 0 Å². The van der Waals surface area contributed by atoms with E-state index in [-0.39, 0.29) is 12.4 Å². The van der Waals surface area contributed by atoms with Gasteiger partial charge in [-0.3, -0.25) is 5.32 Å². The fourth-order valence-corrected chi connectivity index (χ4v) is 4.17. The third-order valence-corrected chi connectivity index (χ3v) is 5.79. The normalized spacial score (nSPS) is 18.9. The first kappa shape index (κ1) is 19.2. The Morgan fingerprint density at radius 3 is 2.50 bits per heavy atom. The molecular formula is C22H24ClNO4. The van der Waals surface area contributed by atoms with Gasteiger partial charge < -0.3 is 14.2 Å². The average molecular weight is 402 g/mol. The topological polar surface area (TPSA) is 56.8 Å². The third-order valence-electron chi connectivity index (χ3n) is 5.47. The number of hydrogen-bond donors (Lipinski definition) is 1. The molecule has 0 bridgehead atoms. The van der Waals surface area contributed by atoms with Crippen LogP contribution in [0.15, 0.2) is 48.5 Å². The Morgan fingerprint density at radius 2 is 1.82 bits per heavy atom. The van der Waals surface area contributed by atoms with Crippen LogP contribution in [0.4, 0.5) is 10.5 Å². The van der Waals surface area contributed by atoms with Gasteiger partial charge in [-0.2, -0.15) is 0 Å². The lowest BCUT2D eigenvalue weighted by Gasteiger charge is -2.35. The third kappa shape index (κ3) is 4.49. The summed E-state index contributed by atoms with van der Waals surface area (Å²) in [5.41, 5.74) is 2.67. The van der Waals surface area contributed by atoms with E-state index in [4.69, 9.17) is 25.8 Å². The molecule has 4 rings (SSSR count). The van der Waals surface area contributed by atoms with Gasteiger partial charge in [0.05, 0.1) is 23.9 Å². The summed E-state index contributed by atoms with van der Waals surface area (Å²) < 4.78 is 16.8. The van der Waals surface area contributed by atoms with Crippen molar-refractivity contribution in [3.63, 3.8) is 0 Å². The van der Waals surface area contributed by atoms with E-state index in [1.165, 1.54) is 5.56 Å². The predicted molar refractivity (Wildman–Crippen MR) is 108 cm³/mol. The average Bonchev–Trinajstić information content (AvgIpc) is 3.17. The van der Waals surface area contributed by atoms with Crippen LogP contribution < -0.4 is 5.32 Å². The molecule has 148 valence electrons. The molecule has 2 aromatic carbocycles. The standard InChI is InChI=1S/C22H24ClNO4/c23-19-14-18(17-8-10-22(11-9-17)27-12-13-28-22)6-7-20(19)24-21(25)26-15-16-4-2-1-3-5-16/h1-7,14,17H,8-13,15H2,(H,24,25). The lowest BCUT2D eigenvalue weighted by Crippen LogP contribution is -2.34. The van der Waals surface area contributed by atoms with Crippen LogP contribution in [0.1, 0.15) is 42.7 Å². The Bertz CT molecular complexity index is 811. The second-order valence-electron chi connectivity index (χ2n) is 7.31. The lowest BCUT2D eigenvalue weighted by molar-refractivity contribution is -0.178. The molecule has 1 spiro atoms. The summed E-state index contributed by atoms with van der Waals surface area (Å²) in [4.78, 5) is 12.0. The Morgan fingerprint density at radius 1 is 1.11 bits per heavy atom. The smallest absolute Gasteiger partial charge is 0.412 e. The molecule has 6 heteroatoms. The fraction of sp³-hybridized carbons (Fsp3) is 0.409. The van der Waals surface area contributed by atoms with E-state index < -0.39 is 6.09 Å². The minimum Gasteiger partial charge on any atom is -0.444 e. The van der Waals surface area contributed by atoms with Crippen molar-refractivity contribution in [2.24, 2.45) is 0 Å². The fourth-order valence-electron chi connectivity index (χ4n) is 3.93. The van der Waals surface area contributed by atoms with Crippen molar-refractivity contribution in [2.45, 2.75) is 44.0 Å². The number of carbonyl (C=O) groups is 1. The molecule has 1 saturated heterocycles. The quantitative estimate of drug-likeness (QED) is 0.736. The van der Waals surface area contributed by atoms with Crippen LogP contribution in [-0.4, -0.2) is 25.1 Å². The van der Waals surface area contributed by atoms with Gasteiger partial charge in [0.25, 0.3) is 0 Å². The van der Waals surface area contributed by atoms with E-state index in [0.717, 1.165) is 31.2 Å². The van der Waals surface area contributed by atoms with Crippen LogP contribution in [0.25, 0.3) is 0 Å². The van der Waals surface area contributed by atoms with Gasteiger partial charge in [0.2, 0.25) is 0 Å². The van der Waals surface area contributed by atoms with E-state index in [1.54, 1.807) is 0 Å². The molecule has 0 radical (unpaired) electrons. The second-order valence-corrected chi connectivity index (χ2v) is 7.72. The minimum absolute atomic E-state index is 0.219. The molecule has 0 atom stereocenters. The number of ether oxygens (including phenoxy) is 3. The van der Waals surface area contributed by atoms with Crippen LogP contribution in [0.5, 0.6) is 0 Å². The zero-order chi connectivity index (χ0) is 19.4. The van der Waals surface area contributed by atoms with Crippen molar-refractivity contribution in [3.8, 4) is 0 Å². The molecule has 1 heterocycles. The van der Waals surface area contributed by atoms with Gasteiger partial charge in [0.15, 0.2) is 5.79 Å². The van der Waals surface area contributed by atoms with E-state index in [9.17, 15) is 4.79 Å². The second kappa shape index (κ2) is 8.52. The summed E-state index contributed by atoms with van der Waals surface area (Å²) in [7, 11) is 0. The number of hydrogen-bond acceptors (Lipinski definition) is 4. The summed E-state index contributed by atoms with van der Waals surface area (Å²) >= 11 is 6.41. The first-order valence-electron chi connectivity index (χ1n) is 9.69. The Kier molecular flexibility index (Phi) is 5.85. The Hall–Kier alpha value is -2.08. The molecule has 0 aromatic heterocycles. The molecule has 0 unspecified atom stereocenters. The van der Waals surface area contributed by atoms with Crippen molar-refractivity contribution in [2.75, 3.05) is 18.5 Å². The molecule has 1 saturated carbocycles. The van der Waals surface area contributed by atoms with Crippen molar-refractivity contribution < 1.29 is 19.0 Å². The molecule has 1 aliphatic heterocycles. The van der Waals surface area contributed by atoms with Crippen LogP contribution in [-0.2, 0) is 20.8 Å². The summed E-state index contributed by atoms with van der Waals surface area (Å²) in [5.74, 6) is 0.0691. The zero-order valence-electron chi connectivity index (χ0n) is 15.7. The molecule has 1 N–H and O–H groups in total. The molecule has 1 aliphatic carbocycles. The number of anilines is 1. The largest absolute Gasteiger partial charge is 0.444 e. The first-order chi connectivity index (χ1) is 13.6. The van der Waals surface area contributed by atoms with Crippen LogP contribution in [0.2, 0.25) is 5.02 Å². The molecule has 5 nitrogen and oxygen atoms in total. The van der Waals surface area contributed by atoms with E-state index in [1.807, 2.05) is 48.5 Å². The van der Waals surface area contributed by atoms with Gasteiger partial charge in [0.1, 0.15) is 6.61 Å². The molecule has 1 amide bonds. The van der Waals surface area contributed by atoms with E-state index in [2.05, 4.69) is 5.32 Å². The predicted octanol–water partition coefficient (Wildman–Crippen LogP) is 5.49. The minimum atomic E-state index is -0.520. The maximum absolute atomic E-state index is 12.0. The summed E-state index contributed by atoms with van der Waals surface area (Å²) in [6, 6.07) is 15.4. The first-order valence-corrected chi connectivity index (χ1v) is 10.1. The summed E-state index contributed by atoms with van der Waals surface area (Å²) in [5, 5.41) is 3.23. The monoisotopic (exact) mass is 401 g/mol. The number of carbonyl (C=O) groups excluding carboxylic acids is 1. The molecule has 2 aromatic rings. The van der Waals surface area contributed by atoms with Crippen LogP contribution in [0.3, 0.4) is 0 Å². The van der Waals surface area contributed by atoms with Crippen molar-refractivity contribution >= 4 is 23.4 Å². The van der Waals surface area contributed by atoms with E-state index >= 15 is 0 Å².